The monoisotopic (exact) mass is 701 g/mol. The molecule has 5 aromatic carbocycles. The van der Waals surface area contributed by atoms with Gasteiger partial charge in [0.25, 0.3) is 5.91 Å². The number of aryl methyl sites for hydroxylation is 1. The molecule has 3 N–H and O–H groups in total. The van der Waals surface area contributed by atoms with Crippen LogP contribution in [-0.2, 0) is 22.9 Å². The summed E-state index contributed by atoms with van der Waals surface area (Å²) in [5.74, 6) is 0.0215. The Balaban J connectivity index is 1.17. The van der Waals surface area contributed by atoms with Crippen molar-refractivity contribution in [1.29, 1.82) is 0 Å². The standard InChI is InChI=1S/C42H38F3N5O2/c1-3-49(4-2)40-48-36-26-29(47-38(51)33-15-6-5-12-30(33)27-18-20-28(21-19-27)42(43,44)45)22-23-37(36)50(40)25-11-24-41(39(46)52)34-16-9-7-13-31(34)32-14-8-10-17-35(32)41/h5-10,12-23,26H,3-4,11,24-25H2,1-2H3,(H2,46,52)(H,47,51). The van der Waals surface area contributed by atoms with E-state index in [1.165, 1.54) is 12.1 Å². The van der Waals surface area contributed by atoms with E-state index in [9.17, 15) is 22.8 Å². The number of fused-ring (bicyclic) bond motifs is 4. The van der Waals surface area contributed by atoms with E-state index >= 15 is 0 Å². The number of hydrogen-bond donors (Lipinski definition) is 2. The molecule has 0 saturated heterocycles. The number of alkyl halides is 3. The van der Waals surface area contributed by atoms with Crippen molar-refractivity contribution >= 4 is 34.5 Å². The Hall–Kier alpha value is -5.90. The SMILES string of the molecule is CCN(CC)c1nc2cc(NC(=O)c3ccccc3-c3ccc(C(F)(F)F)cc3)ccc2n1CCCC1(C(N)=O)c2ccccc2-c2ccccc21. The van der Waals surface area contributed by atoms with Gasteiger partial charge in [-0.2, -0.15) is 13.2 Å². The number of rotatable bonds is 11. The van der Waals surface area contributed by atoms with Crippen LogP contribution in [0.2, 0.25) is 0 Å². The molecule has 7 rings (SSSR count). The maximum absolute atomic E-state index is 13.6. The van der Waals surface area contributed by atoms with Crippen LogP contribution >= 0.6 is 0 Å². The molecule has 0 aliphatic heterocycles. The van der Waals surface area contributed by atoms with E-state index in [0.29, 0.717) is 47.3 Å². The van der Waals surface area contributed by atoms with Gasteiger partial charge in [0.15, 0.2) is 0 Å². The zero-order valence-electron chi connectivity index (χ0n) is 28.9. The number of carbonyl (C=O) groups excluding carboxylic acids is 2. The molecule has 0 unspecified atom stereocenters. The zero-order valence-corrected chi connectivity index (χ0v) is 28.9. The van der Waals surface area contributed by atoms with E-state index in [1.807, 2.05) is 66.7 Å². The predicted octanol–water partition coefficient (Wildman–Crippen LogP) is 9.05. The van der Waals surface area contributed by atoms with Gasteiger partial charge in [0.05, 0.1) is 22.0 Å². The number of nitrogens with two attached hydrogens (primary N) is 1. The van der Waals surface area contributed by atoms with Gasteiger partial charge in [0.1, 0.15) is 0 Å². The maximum atomic E-state index is 13.6. The number of imidazole rings is 1. The lowest BCUT2D eigenvalue weighted by atomic mass is 9.74. The minimum Gasteiger partial charge on any atom is -0.369 e. The third-order valence-electron chi connectivity index (χ3n) is 10.1. The number of carbonyl (C=O) groups is 2. The van der Waals surface area contributed by atoms with Gasteiger partial charge in [0.2, 0.25) is 11.9 Å². The van der Waals surface area contributed by atoms with Crippen molar-refractivity contribution in [2.24, 2.45) is 5.73 Å². The third kappa shape index (κ3) is 5.97. The van der Waals surface area contributed by atoms with Gasteiger partial charge in [-0.15, -0.1) is 0 Å². The van der Waals surface area contributed by atoms with Crippen LogP contribution in [-0.4, -0.2) is 34.5 Å². The highest BCUT2D eigenvalue weighted by molar-refractivity contribution is 6.09. The van der Waals surface area contributed by atoms with Crippen molar-refractivity contribution < 1.29 is 22.8 Å². The van der Waals surface area contributed by atoms with Crippen LogP contribution < -0.4 is 16.0 Å². The Morgan fingerprint density at radius 3 is 2.00 bits per heavy atom. The number of anilines is 2. The van der Waals surface area contributed by atoms with Gasteiger partial charge in [-0.3, -0.25) is 9.59 Å². The number of aromatic nitrogens is 2. The molecule has 0 fully saturated rings. The topological polar surface area (TPSA) is 93.2 Å². The molecule has 0 saturated carbocycles. The Morgan fingerprint density at radius 2 is 1.40 bits per heavy atom. The summed E-state index contributed by atoms with van der Waals surface area (Å²) >= 11 is 0. The minimum atomic E-state index is -4.45. The fourth-order valence-electron chi connectivity index (χ4n) is 7.62. The number of benzene rings is 5. The lowest BCUT2D eigenvalue weighted by Gasteiger charge is -2.29. The van der Waals surface area contributed by atoms with E-state index in [2.05, 4.69) is 28.6 Å². The molecule has 6 aromatic rings. The van der Waals surface area contributed by atoms with Crippen LogP contribution in [0, 0.1) is 0 Å². The first-order valence-corrected chi connectivity index (χ1v) is 17.4. The number of amides is 2. The number of nitrogens with zero attached hydrogens (tertiary/aromatic N) is 3. The highest BCUT2D eigenvalue weighted by Gasteiger charge is 2.47. The summed E-state index contributed by atoms with van der Waals surface area (Å²) in [6.45, 7) is 6.18. The summed E-state index contributed by atoms with van der Waals surface area (Å²) in [7, 11) is 0. The van der Waals surface area contributed by atoms with E-state index in [1.54, 1.807) is 24.3 Å². The molecule has 1 aliphatic carbocycles. The Bertz CT molecular complexity index is 2240. The molecule has 0 atom stereocenters. The highest BCUT2D eigenvalue weighted by Crippen LogP contribution is 2.51. The van der Waals surface area contributed by atoms with E-state index < -0.39 is 23.1 Å². The molecule has 1 aromatic heterocycles. The Morgan fingerprint density at radius 1 is 0.808 bits per heavy atom. The second-order valence-electron chi connectivity index (χ2n) is 13.0. The van der Waals surface area contributed by atoms with Gasteiger partial charge < -0.3 is 20.5 Å². The predicted molar refractivity (Wildman–Crippen MR) is 199 cm³/mol. The van der Waals surface area contributed by atoms with Crippen LogP contribution in [0.3, 0.4) is 0 Å². The van der Waals surface area contributed by atoms with Gasteiger partial charge in [0, 0.05) is 30.9 Å². The van der Waals surface area contributed by atoms with Crippen molar-refractivity contribution in [1.82, 2.24) is 9.55 Å². The van der Waals surface area contributed by atoms with Crippen LogP contribution in [0.25, 0.3) is 33.3 Å². The molecule has 10 heteroatoms. The molecule has 7 nitrogen and oxygen atoms in total. The average molecular weight is 702 g/mol. The average Bonchev–Trinajstić information content (AvgIpc) is 3.65. The second-order valence-corrected chi connectivity index (χ2v) is 13.0. The summed E-state index contributed by atoms with van der Waals surface area (Å²) in [4.78, 5) is 34.2. The first kappa shape index (κ1) is 34.5. The highest BCUT2D eigenvalue weighted by atomic mass is 19.4. The second kappa shape index (κ2) is 13.7. The Kier molecular flexibility index (Phi) is 9.08. The smallest absolute Gasteiger partial charge is 0.369 e. The van der Waals surface area contributed by atoms with Gasteiger partial charge in [-0.05, 0) is 96.5 Å². The van der Waals surface area contributed by atoms with Crippen molar-refractivity contribution in [2.45, 2.75) is 44.8 Å². The van der Waals surface area contributed by atoms with E-state index in [4.69, 9.17) is 10.7 Å². The molecular weight excluding hydrogens is 663 g/mol. The maximum Gasteiger partial charge on any atom is 0.416 e. The molecule has 1 aliphatic rings. The van der Waals surface area contributed by atoms with E-state index in [-0.39, 0.29) is 5.91 Å². The van der Waals surface area contributed by atoms with E-state index in [0.717, 1.165) is 58.9 Å². The molecule has 264 valence electrons. The normalized spacial score (nSPS) is 13.1. The van der Waals surface area contributed by atoms with Crippen LogP contribution in [0.1, 0.15) is 53.7 Å². The molecule has 52 heavy (non-hydrogen) atoms. The zero-order chi connectivity index (χ0) is 36.6. The van der Waals surface area contributed by atoms with Crippen LogP contribution in [0.15, 0.2) is 115 Å². The van der Waals surface area contributed by atoms with Gasteiger partial charge in [-0.25, -0.2) is 4.98 Å². The number of nitrogens with one attached hydrogen (secondary N) is 1. The van der Waals surface area contributed by atoms with Crippen molar-refractivity contribution in [2.75, 3.05) is 23.3 Å². The summed E-state index contributed by atoms with van der Waals surface area (Å²) < 4.78 is 41.7. The first-order chi connectivity index (χ1) is 25.1. The quantitative estimate of drug-likeness (QED) is 0.141. The largest absolute Gasteiger partial charge is 0.416 e. The van der Waals surface area contributed by atoms with Crippen molar-refractivity contribution in [3.8, 4) is 22.3 Å². The summed E-state index contributed by atoms with van der Waals surface area (Å²) in [5.41, 5.74) is 11.9. The number of hydrogen-bond acceptors (Lipinski definition) is 4. The molecule has 0 bridgehead atoms. The fraction of sp³-hybridized carbons (Fsp3) is 0.214. The summed E-state index contributed by atoms with van der Waals surface area (Å²) in [6.07, 6.45) is -3.29. The number of halogens is 3. The number of primary amides is 1. The summed E-state index contributed by atoms with van der Waals surface area (Å²) in [6, 6.07) is 33.1. The van der Waals surface area contributed by atoms with Gasteiger partial charge >= 0.3 is 6.18 Å². The van der Waals surface area contributed by atoms with Gasteiger partial charge in [-0.1, -0.05) is 78.9 Å². The van der Waals surface area contributed by atoms with Crippen LogP contribution in [0.4, 0.5) is 24.8 Å². The molecular formula is C42H38F3N5O2. The summed E-state index contributed by atoms with van der Waals surface area (Å²) in [5, 5.41) is 2.97. The molecule has 1 heterocycles. The molecule has 0 radical (unpaired) electrons. The van der Waals surface area contributed by atoms with Crippen LogP contribution in [0.5, 0.6) is 0 Å². The lowest BCUT2D eigenvalue weighted by molar-refractivity contribution is -0.137. The fourth-order valence-corrected chi connectivity index (χ4v) is 7.62. The minimum absolute atomic E-state index is 0.329. The third-order valence-corrected chi connectivity index (χ3v) is 10.1. The lowest BCUT2D eigenvalue weighted by Crippen LogP contribution is -2.41. The Labute approximate surface area is 299 Å². The first-order valence-electron chi connectivity index (χ1n) is 17.4. The van der Waals surface area contributed by atoms with Crippen molar-refractivity contribution in [3.05, 3.63) is 138 Å². The van der Waals surface area contributed by atoms with Crippen molar-refractivity contribution in [3.63, 3.8) is 0 Å². The molecule has 0 spiro atoms. The molecule has 2 amide bonds.